The first-order valence-corrected chi connectivity index (χ1v) is 10.1. The van der Waals surface area contributed by atoms with E-state index in [9.17, 15) is 4.79 Å². The molecule has 0 aliphatic carbocycles. The minimum Gasteiger partial charge on any atom is -0.493 e. The Morgan fingerprint density at radius 2 is 2.17 bits per heavy atom. The van der Waals surface area contributed by atoms with Gasteiger partial charge in [-0.3, -0.25) is 9.48 Å². The number of ether oxygens (including phenoxy) is 1. The lowest BCUT2D eigenvalue weighted by atomic mass is 10.2. The molecule has 1 aromatic carbocycles. The summed E-state index contributed by atoms with van der Waals surface area (Å²) in [7, 11) is 1.84. The minimum absolute atomic E-state index is 0.0244. The SMILES string of the molecule is CCNC(=NCc1ccc(Cl)cc1OCC)N1CCN(c2cnn(C)c2)C(=O)C1. The molecular formula is C20H27ClN6O2. The van der Waals surface area contributed by atoms with Crippen LogP contribution in [0.5, 0.6) is 5.75 Å². The molecule has 1 amide bonds. The number of hydrogen-bond donors (Lipinski definition) is 1. The maximum absolute atomic E-state index is 12.7. The summed E-state index contributed by atoms with van der Waals surface area (Å²) in [6.07, 6.45) is 3.56. The van der Waals surface area contributed by atoms with Gasteiger partial charge >= 0.3 is 0 Å². The Morgan fingerprint density at radius 3 is 2.83 bits per heavy atom. The lowest BCUT2D eigenvalue weighted by Gasteiger charge is -2.35. The van der Waals surface area contributed by atoms with E-state index in [0.29, 0.717) is 37.2 Å². The number of carbonyl (C=O) groups is 1. The van der Waals surface area contributed by atoms with E-state index in [4.69, 9.17) is 21.3 Å². The molecule has 1 fully saturated rings. The summed E-state index contributed by atoms with van der Waals surface area (Å²) in [5.74, 6) is 1.47. The Kier molecular flexibility index (Phi) is 6.98. The van der Waals surface area contributed by atoms with Gasteiger partial charge < -0.3 is 19.9 Å². The molecule has 1 aliphatic rings. The highest BCUT2D eigenvalue weighted by atomic mass is 35.5. The topological polar surface area (TPSA) is 75.0 Å². The molecule has 9 heteroatoms. The molecule has 2 heterocycles. The number of amides is 1. The number of aliphatic imine (C=N–C) groups is 1. The van der Waals surface area contributed by atoms with Crippen LogP contribution in [-0.4, -0.2) is 59.3 Å². The first-order chi connectivity index (χ1) is 14.0. The van der Waals surface area contributed by atoms with E-state index in [1.807, 2.05) is 44.1 Å². The first kappa shape index (κ1) is 21.0. The van der Waals surface area contributed by atoms with Crippen LogP contribution in [0.15, 0.2) is 35.6 Å². The normalized spacial score (nSPS) is 15.0. The van der Waals surface area contributed by atoms with Crippen molar-refractivity contribution < 1.29 is 9.53 Å². The van der Waals surface area contributed by atoms with Gasteiger partial charge in [-0.1, -0.05) is 17.7 Å². The predicted octanol–water partition coefficient (Wildman–Crippen LogP) is 2.29. The lowest BCUT2D eigenvalue weighted by Crippen LogP contribution is -2.55. The van der Waals surface area contributed by atoms with E-state index in [1.54, 1.807) is 21.8 Å². The molecule has 1 aliphatic heterocycles. The van der Waals surface area contributed by atoms with E-state index < -0.39 is 0 Å². The average Bonchev–Trinajstić information content (AvgIpc) is 3.12. The van der Waals surface area contributed by atoms with Crippen LogP contribution in [0.25, 0.3) is 0 Å². The highest BCUT2D eigenvalue weighted by Crippen LogP contribution is 2.24. The summed E-state index contributed by atoms with van der Waals surface area (Å²) in [4.78, 5) is 21.2. The molecule has 1 N–H and O–H groups in total. The van der Waals surface area contributed by atoms with Crippen molar-refractivity contribution in [3.05, 3.63) is 41.2 Å². The van der Waals surface area contributed by atoms with Crippen molar-refractivity contribution in [2.45, 2.75) is 20.4 Å². The number of rotatable bonds is 6. The van der Waals surface area contributed by atoms with E-state index in [2.05, 4.69) is 10.4 Å². The summed E-state index contributed by atoms with van der Waals surface area (Å²) in [5.41, 5.74) is 1.77. The van der Waals surface area contributed by atoms with Crippen molar-refractivity contribution in [1.29, 1.82) is 0 Å². The summed E-state index contributed by atoms with van der Waals surface area (Å²) in [5, 5.41) is 8.07. The van der Waals surface area contributed by atoms with Crippen molar-refractivity contribution in [2.75, 3.05) is 37.7 Å². The molecular weight excluding hydrogens is 392 g/mol. The fourth-order valence-corrected chi connectivity index (χ4v) is 3.37. The molecule has 3 rings (SSSR count). The number of carbonyl (C=O) groups excluding carboxylic acids is 1. The Bertz CT molecular complexity index is 882. The molecule has 0 radical (unpaired) electrons. The third kappa shape index (κ3) is 5.20. The summed E-state index contributed by atoms with van der Waals surface area (Å²) in [6, 6.07) is 5.56. The highest BCUT2D eigenvalue weighted by molar-refractivity contribution is 6.30. The number of guanidine groups is 1. The zero-order chi connectivity index (χ0) is 20.8. The number of anilines is 1. The second-order valence-electron chi connectivity index (χ2n) is 6.69. The van der Waals surface area contributed by atoms with Gasteiger partial charge in [-0.15, -0.1) is 0 Å². The number of hydrogen-bond acceptors (Lipinski definition) is 4. The van der Waals surface area contributed by atoms with Crippen LogP contribution in [0, 0.1) is 0 Å². The van der Waals surface area contributed by atoms with Gasteiger partial charge in [-0.2, -0.15) is 5.10 Å². The number of halogens is 1. The third-order valence-corrected chi connectivity index (χ3v) is 4.82. The van der Waals surface area contributed by atoms with Crippen molar-refractivity contribution in [3.63, 3.8) is 0 Å². The fourth-order valence-electron chi connectivity index (χ4n) is 3.21. The fraction of sp³-hybridized carbons (Fsp3) is 0.450. The van der Waals surface area contributed by atoms with Crippen LogP contribution in [0.3, 0.4) is 0 Å². The van der Waals surface area contributed by atoms with E-state index in [1.165, 1.54) is 0 Å². The smallest absolute Gasteiger partial charge is 0.246 e. The van der Waals surface area contributed by atoms with Gasteiger partial charge in [0.25, 0.3) is 0 Å². The molecule has 0 atom stereocenters. The molecule has 0 saturated carbocycles. The predicted molar refractivity (Wildman–Crippen MR) is 115 cm³/mol. The quantitative estimate of drug-likeness (QED) is 0.575. The molecule has 1 saturated heterocycles. The molecule has 2 aromatic rings. The molecule has 29 heavy (non-hydrogen) atoms. The van der Waals surface area contributed by atoms with Gasteiger partial charge in [0.15, 0.2) is 5.96 Å². The Balaban J connectivity index is 1.72. The maximum Gasteiger partial charge on any atom is 0.246 e. The number of nitrogens with one attached hydrogen (secondary N) is 1. The highest BCUT2D eigenvalue weighted by Gasteiger charge is 2.27. The van der Waals surface area contributed by atoms with Gasteiger partial charge in [-0.05, 0) is 26.0 Å². The van der Waals surface area contributed by atoms with Gasteiger partial charge in [0.2, 0.25) is 5.91 Å². The van der Waals surface area contributed by atoms with Crippen molar-refractivity contribution in [3.8, 4) is 5.75 Å². The van der Waals surface area contributed by atoms with Gasteiger partial charge in [-0.25, -0.2) is 4.99 Å². The molecule has 156 valence electrons. The molecule has 0 bridgehead atoms. The second kappa shape index (κ2) is 9.65. The Labute approximate surface area is 176 Å². The van der Waals surface area contributed by atoms with Crippen LogP contribution < -0.4 is 15.0 Å². The van der Waals surface area contributed by atoms with Gasteiger partial charge in [0, 0.05) is 43.5 Å². The van der Waals surface area contributed by atoms with Crippen molar-refractivity contribution >= 4 is 29.2 Å². The van der Waals surface area contributed by atoms with Crippen LogP contribution in [0.4, 0.5) is 5.69 Å². The number of nitrogens with zero attached hydrogens (tertiary/aromatic N) is 5. The number of aromatic nitrogens is 2. The first-order valence-electron chi connectivity index (χ1n) is 9.75. The lowest BCUT2D eigenvalue weighted by molar-refractivity contribution is -0.120. The maximum atomic E-state index is 12.7. The Morgan fingerprint density at radius 1 is 1.34 bits per heavy atom. The molecule has 0 spiro atoms. The van der Waals surface area contributed by atoms with Gasteiger partial charge in [0.1, 0.15) is 12.3 Å². The minimum atomic E-state index is 0.0244. The van der Waals surface area contributed by atoms with Crippen LogP contribution >= 0.6 is 11.6 Å². The van der Waals surface area contributed by atoms with Crippen LogP contribution in [-0.2, 0) is 18.4 Å². The summed E-state index contributed by atoms with van der Waals surface area (Å²) < 4.78 is 7.38. The molecule has 1 aromatic heterocycles. The van der Waals surface area contributed by atoms with E-state index in [-0.39, 0.29) is 12.5 Å². The zero-order valence-corrected chi connectivity index (χ0v) is 17.8. The third-order valence-electron chi connectivity index (χ3n) is 4.59. The van der Waals surface area contributed by atoms with Crippen LogP contribution in [0.2, 0.25) is 5.02 Å². The molecule has 0 unspecified atom stereocenters. The summed E-state index contributed by atoms with van der Waals surface area (Å²) in [6.45, 7) is 7.19. The zero-order valence-electron chi connectivity index (χ0n) is 17.1. The largest absolute Gasteiger partial charge is 0.493 e. The average molecular weight is 419 g/mol. The Hall–Kier alpha value is -2.74. The van der Waals surface area contributed by atoms with Crippen molar-refractivity contribution in [2.24, 2.45) is 12.0 Å². The van der Waals surface area contributed by atoms with E-state index in [0.717, 1.165) is 23.5 Å². The number of benzene rings is 1. The molecule has 8 nitrogen and oxygen atoms in total. The number of piperazine rings is 1. The van der Waals surface area contributed by atoms with Gasteiger partial charge in [0.05, 0.1) is 25.0 Å². The summed E-state index contributed by atoms with van der Waals surface area (Å²) >= 11 is 6.08. The monoisotopic (exact) mass is 418 g/mol. The number of aryl methyl sites for hydroxylation is 1. The van der Waals surface area contributed by atoms with E-state index >= 15 is 0 Å². The van der Waals surface area contributed by atoms with Crippen LogP contribution in [0.1, 0.15) is 19.4 Å². The standard InChI is InChI=1S/C20H27ClN6O2/c1-4-22-20(23-11-15-6-7-16(21)10-18(15)29-5-2)26-8-9-27(19(28)14-26)17-12-24-25(3)13-17/h6-7,10,12-13H,4-5,8-9,11,14H2,1-3H3,(H,22,23). The second-order valence-corrected chi connectivity index (χ2v) is 7.13. The van der Waals surface area contributed by atoms with Crippen molar-refractivity contribution in [1.82, 2.24) is 20.0 Å².